The summed E-state index contributed by atoms with van der Waals surface area (Å²) in [6.45, 7) is 1.19. The van der Waals surface area contributed by atoms with Crippen molar-refractivity contribution in [3.8, 4) is 0 Å². The van der Waals surface area contributed by atoms with Gasteiger partial charge in [-0.3, -0.25) is 0 Å². The summed E-state index contributed by atoms with van der Waals surface area (Å²) >= 11 is 0. The van der Waals surface area contributed by atoms with Gasteiger partial charge >= 0.3 is 0 Å². The van der Waals surface area contributed by atoms with Gasteiger partial charge in [0.1, 0.15) is 0 Å². The molecular formula is C12H24N2O3S. The number of hydrogen-bond acceptors (Lipinski definition) is 4. The Bertz CT molecular complexity index is 364. The fourth-order valence-corrected chi connectivity index (χ4v) is 3.84. The van der Waals surface area contributed by atoms with Crippen molar-refractivity contribution in [3.05, 3.63) is 0 Å². The molecule has 1 heterocycles. The van der Waals surface area contributed by atoms with Gasteiger partial charge in [-0.25, -0.2) is 12.7 Å². The van der Waals surface area contributed by atoms with Gasteiger partial charge in [0.15, 0.2) is 0 Å². The third-order valence-electron chi connectivity index (χ3n) is 4.10. The monoisotopic (exact) mass is 276 g/mol. The Balaban J connectivity index is 1.79. The van der Waals surface area contributed by atoms with E-state index in [0.717, 1.165) is 32.1 Å². The van der Waals surface area contributed by atoms with Crippen LogP contribution in [0.15, 0.2) is 0 Å². The number of nitrogens with one attached hydrogen (secondary N) is 1. The molecule has 0 aromatic heterocycles. The van der Waals surface area contributed by atoms with Crippen molar-refractivity contribution in [1.29, 1.82) is 0 Å². The molecule has 0 radical (unpaired) electrons. The molecule has 5 nitrogen and oxygen atoms in total. The lowest BCUT2D eigenvalue weighted by molar-refractivity contribution is 0.0801. The smallest absolute Gasteiger partial charge is 0.211 e. The van der Waals surface area contributed by atoms with Crippen LogP contribution in [0.4, 0.5) is 0 Å². The van der Waals surface area contributed by atoms with Crippen LogP contribution >= 0.6 is 0 Å². The number of hydrogen-bond donors (Lipinski definition) is 2. The van der Waals surface area contributed by atoms with E-state index >= 15 is 0 Å². The summed E-state index contributed by atoms with van der Waals surface area (Å²) in [6.07, 6.45) is 6.94. The summed E-state index contributed by atoms with van der Waals surface area (Å²) in [5, 5.41) is 13.4. The number of nitrogens with zero attached hydrogens (tertiary/aromatic N) is 1. The lowest BCUT2D eigenvalue weighted by atomic mass is 9.91. The van der Waals surface area contributed by atoms with Crippen LogP contribution in [0.2, 0.25) is 0 Å². The van der Waals surface area contributed by atoms with E-state index in [0.29, 0.717) is 19.1 Å². The molecule has 0 amide bonds. The second kappa shape index (κ2) is 5.86. The van der Waals surface area contributed by atoms with Gasteiger partial charge in [-0.2, -0.15) is 0 Å². The van der Waals surface area contributed by atoms with E-state index < -0.39 is 10.0 Å². The average Bonchev–Trinajstić information content (AvgIpc) is 2.32. The summed E-state index contributed by atoms with van der Waals surface area (Å²) in [7, 11) is -3.04. The van der Waals surface area contributed by atoms with E-state index in [4.69, 9.17) is 0 Å². The molecule has 106 valence electrons. The first-order valence-corrected chi connectivity index (χ1v) is 8.71. The highest BCUT2D eigenvalue weighted by atomic mass is 32.2. The summed E-state index contributed by atoms with van der Waals surface area (Å²) in [6, 6.07) is 0.550. The first-order chi connectivity index (χ1) is 8.47. The Morgan fingerprint density at radius 1 is 1.11 bits per heavy atom. The Morgan fingerprint density at radius 3 is 2.28 bits per heavy atom. The highest BCUT2D eigenvalue weighted by Gasteiger charge is 2.29. The molecule has 2 atom stereocenters. The molecule has 0 aromatic rings. The van der Waals surface area contributed by atoms with Gasteiger partial charge in [0.05, 0.1) is 12.4 Å². The predicted molar refractivity (Wildman–Crippen MR) is 70.8 cm³/mol. The molecule has 1 saturated carbocycles. The van der Waals surface area contributed by atoms with E-state index in [1.54, 1.807) is 4.31 Å². The van der Waals surface area contributed by atoms with Gasteiger partial charge < -0.3 is 10.4 Å². The lowest BCUT2D eigenvalue weighted by Gasteiger charge is -2.36. The first kappa shape index (κ1) is 14.2. The maximum Gasteiger partial charge on any atom is 0.211 e. The van der Waals surface area contributed by atoms with Crippen LogP contribution in [0.1, 0.15) is 38.5 Å². The van der Waals surface area contributed by atoms with Crippen molar-refractivity contribution < 1.29 is 13.5 Å². The van der Waals surface area contributed by atoms with Crippen LogP contribution in [-0.2, 0) is 10.0 Å². The third kappa shape index (κ3) is 3.66. The SMILES string of the molecule is CS(=O)(=O)N1CCC(N[C@@H]2CCCC[C@H]2O)CC1. The highest BCUT2D eigenvalue weighted by molar-refractivity contribution is 7.88. The molecule has 1 saturated heterocycles. The zero-order chi connectivity index (χ0) is 13.2. The van der Waals surface area contributed by atoms with Crippen molar-refractivity contribution in [1.82, 2.24) is 9.62 Å². The Labute approximate surface area is 110 Å². The van der Waals surface area contributed by atoms with Crippen molar-refractivity contribution in [2.24, 2.45) is 0 Å². The van der Waals surface area contributed by atoms with E-state index in [1.165, 1.54) is 12.7 Å². The second-order valence-electron chi connectivity index (χ2n) is 5.56. The first-order valence-electron chi connectivity index (χ1n) is 6.86. The zero-order valence-corrected chi connectivity index (χ0v) is 11.8. The molecule has 1 aliphatic heterocycles. The van der Waals surface area contributed by atoms with Gasteiger partial charge in [-0.15, -0.1) is 0 Å². The number of aliphatic hydroxyl groups is 1. The molecule has 2 aliphatic rings. The van der Waals surface area contributed by atoms with Gasteiger partial charge in [0, 0.05) is 25.2 Å². The molecule has 0 spiro atoms. The largest absolute Gasteiger partial charge is 0.392 e. The third-order valence-corrected chi connectivity index (χ3v) is 5.41. The average molecular weight is 276 g/mol. The van der Waals surface area contributed by atoms with Crippen LogP contribution in [-0.4, -0.2) is 55.4 Å². The number of piperidine rings is 1. The molecule has 6 heteroatoms. The second-order valence-corrected chi connectivity index (χ2v) is 7.54. The number of sulfonamides is 1. The van der Waals surface area contributed by atoms with Gasteiger partial charge in [0.2, 0.25) is 10.0 Å². The fraction of sp³-hybridized carbons (Fsp3) is 1.00. The van der Waals surface area contributed by atoms with Crippen LogP contribution < -0.4 is 5.32 Å². The minimum absolute atomic E-state index is 0.202. The summed E-state index contributed by atoms with van der Waals surface area (Å²) in [4.78, 5) is 0. The highest BCUT2D eigenvalue weighted by Crippen LogP contribution is 2.21. The number of rotatable bonds is 3. The zero-order valence-electron chi connectivity index (χ0n) is 11.0. The topological polar surface area (TPSA) is 69.6 Å². The van der Waals surface area contributed by atoms with Crippen LogP contribution in [0.3, 0.4) is 0 Å². The van der Waals surface area contributed by atoms with Crippen molar-refractivity contribution >= 4 is 10.0 Å². The predicted octanol–water partition coefficient (Wildman–Crippen LogP) is 0.304. The molecule has 0 bridgehead atoms. The van der Waals surface area contributed by atoms with Gasteiger partial charge in [-0.1, -0.05) is 12.8 Å². The lowest BCUT2D eigenvalue weighted by Crippen LogP contribution is -2.51. The fourth-order valence-electron chi connectivity index (χ4n) is 2.96. The normalized spacial score (nSPS) is 32.6. The van der Waals surface area contributed by atoms with Crippen molar-refractivity contribution in [2.75, 3.05) is 19.3 Å². The Morgan fingerprint density at radius 2 is 1.72 bits per heavy atom. The molecule has 2 rings (SSSR count). The molecule has 2 N–H and O–H groups in total. The minimum Gasteiger partial charge on any atom is -0.392 e. The molecule has 1 aliphatic carbocycles. The molecule has 2 fully saturated rings. The molecule has 0 aromatic carbocycles. The van der Waals surface area contributed by atoms with E-state index in [9.17, 15) is 13.5 Å². The van der Waals surface area contributed by atoms with Gasteiger partial charge in [0.25, 0.3) is 0 Å². The van der Waals surface area contributed by atoms with E-state index in [-0.39, 0.29) is 12.1 Å². The van der Waals surface area contributed by atoms with Crippen molar-refractivity contribution in [3.63, 3.8) is 0 Å². The minimum atomic E-state index is -3.04. The molecule has 18 heavy (non-hydrogen) atoms. The van der Waals surface area contributed by atoms with E-state index in [1.807, 2.05) is 0 Å². The van der Waals surface area contributed by atoms with Crippen LogP contribution in [0, 0.1) is 0 Å². The maximum atomic E-state index is 11.4. The Hall–Kier alpha value is -0.170. The summed E-state index contributed by atoms with van der Waals surface area (Å²) in [5.74, 6) is 0. The quantitative estimate of drug-likeness (QED) is 0.778. The maximum absolute atomic E-state index is 11.4. The summed E-state index contributed by atoms with van der Waals surface area (Å²) in [5.41, 5.74) is 0. The number of aliphatic hydroxyl groups excluding tert-OH is 1. The van der Waals surface area contributed by atoms with Gasteiger partial charge in [-0.05, 0) is 25.7 Å². The summed E-state index contributed by atoms with van der Waals surface area (Å²) < 4.78 is 24.3. The van der Waals surface area contributed by atoms with Crippen molar-refractivity contribution in [2.45, 2.75) is 56.7 Å². The Kier molecular flexibility index (Phi) is 4.64. The molecular weight excluding hydrogens is 252 g/mol. The van der Waals surface area contributed by atoms with E-state index in [2.05, 4.69) is 5.32 Å². The van der Waals surface area contributed by atoms with Crippen LogP contribution in [0.5, 0.6) is 0 Å². The van der Waals surface area contributed by atoms with Crippen LogP contribution in [0.25, 0.3) is 0 Å². The standard InChI is InChI=1S/C12H24N2O3S/c1-18(16,17)14-8-6-10(7-9-14)13-11-4-2-3-5-12(11)15/h10-13,15H,2-9H2,1H3/t11-,12-/m1/s1. The molecule has 0 unspecified atom stereocenters.